The molecule has 52 heavy (non-hydrogen) atoms. The number of para-hydroxylation sites is 2. The summed E-state index contributed by atoms with van der Waals surface area (Å²) in [6.45, 7) is 0. The van der Waals surface area contributed by atoms with E-state index in [0.717, 1.165) is 105 Å². The van der Waals surface area contributed by atoms with E-state index in [9.17, 15) is 0 Å². The van der Waals surface area contributed by atoms with Crippen molar-refractivity contribution in [1.82, 2.24) is 15.0 Å². The van der Waals surface area contributed by atoms with Crippen LogP contribution in [0, 0.1) is 0 Å². The highest BCUT2D eigenvalue weighted by atomic mass is 16.3. The normalized spacial score (nSPS) is 11.8. The van der Waals surface area contributed by atoms with Gasteiger partial charge in [-0.15, -0.1) is 0 Å². The molecule has 7 aromatic carbocycles. The molecule has 4 heterocycles. The molecular formula is C47H27N3O2. The molecule has 0 saturated carbocycles. The largest absolute Gasteiger partial charge is 0.456 e. The Balaban J connectivity index is 1.19. The van der Waals surface area contributed by atoms with E-state index in [-0.39, 0.29) is 0 Å². The van der Waals surface area contributed by atoms with Crippen LogP contribution in [0.4, 0.5) is 0 Å². The Kier molecular flexibility index (Phi) is 6.18. The molecule has 11 rings (SSSR count). The molecule has 0 bridgehead atoms. The maximum Gasteiger partial charge on any atom is 0.160 e. The van der Waals surface area contributed by atoms with Crippen LogP contribution >= 0.6 is 0 Å². The second kappa shape index (κ2) is 11.2. The van der Waals surface area contributed by atoms with E-state index in [1.807, 2.05) is 60.7 Å². The molecular weight excluding hydrogens is 639 g/mol. The lowest BCUT2D eigenvalue weighted by molar-refractivity contribution is 0.668. The van der Waals surface area contributed by atoms with Crippen molar-refractivity contribution >= 4 is 65.6 Å². The van der Waals surface area contributed by atoms with Crippen molar-refractivity contribution in [2.75, 3.05) is 0 Å². The van der Waals surface area contributed by atoms with Gasteiger partial charge in [-0.3, -0.25) is 0 Å². The summed E-state index contributed by atoms with van der Waals surface area (Å²) in [6, 6.07) is 56.0. The number of furan rings is 2. The van der Waals surface area contributed by atoms with E-state index < -0.39 is 0 Å². The maximum atomic E-state index is 6.55. The molecule has 242 valence electrons. The van der Waals surface area contributed by atoms with Gasteiger partial charge in [0, 0.05) is 60.0 Å². The first kappa shape index (κ1) is 28.7. The topological polar surface area (TPSA) is 65.0 Å². The van der Waals surface area contributed by atoms with Crippen LogP contribution < -0.4 is 0 Å². The standard InChI is InChI=1S/C47H27N3O2/c1-3-12-28(13-4-1)46-34-23-25-42-45(44(34)31-16-7-9-19-36(31)48-46)35-26-30(22-24-40(35)52-42)37-27-38(50-47(49-37)29-14-5-2-6-15-29)32-18-11-21-41-43(32)33-17-8-10-20-39(33)51-41/h1-27H. The van der Waals surface area contributed by atoms with Gasteiger partial charge in [0.15, 0.2) is 5.82 Å². The fraction of sp³-hybridized carbons (Fsp3) is 0. The van der Waals surface area contributed by atoms with Gasteiger partial charge in [-0.05, 0) is 54.6 Å². The highest BCUT2D eigenvalue weighted by molar-refractivity contribution is 6.28. The number of fused-ring (bicyclic) bond motifs is 10. The molecule has 0 fully saturated rings. The van der Waals surface area contributed by atoms with Crippen molar-refractivity contribution in [2.24, 2.45) is 0 Å². The Morgan fingerprint density at radius 2 is 1.00 bits per heavy atom. The summed E-state index contributed by atoms with van der Waals surface area (Å²) in [5.41, 5.74) is 10.9. The van der Waals surface area contributed by atoms with Crippen molar-refractivity contribution in [3.63, 3.8) is 0 Å². The van der Waals surface area contributed by atoms with Crippen LogP contribution in [0.3, 0.4) is 0 Å². The van der Waals surface area contributed by atoms with Gasteiger partial charge in [-0.2, -0.15) is 0 Å². The Labute approximate surface area is 297 Å². The Bertz CT molecular complexity index is 3180. The third kappa shape index (κ3) is 4.39. The summed E-state index contributed by atoms with van der Waals surface area (Å²) in [5.74, 6) is 0.657. The SMILES string of the molecule is c1ccc(-c2nc(-c3ccc4oc5ccc6c(-c7ccccc7)nc7ccccc7c6c5c4c3)cc(-c3cccc4oc5ccccc5c34)n2)cc1. The number of rotatable bonds is 4. The zero-order chi connectivity index (χ0) is 34.2. The molecule has 5 nitrogen and oxygen atoms in total. The lowest BCUT2D eigenvalue weighted by Crippen LogP contribution is -1.96. The molecule has 0 unspecified atom stereocenters. The first-order valence-electron chi connectivity index (χ1n) is 17.4. The van der Waals surface area contributed by atoms with Crippen molar-refractivity contribution in [3.05, 3.63) is 164 Å². The molecule has 5 heteroatoms. The highest BCUT2D eigenvalue weighted by Gasteiger charge is 2.20. The fourth-order valence-corrected chi connectivity index (χ4v) is 7.72. The van der Waals surface area contributed by atoms with Gasteiger partial charge in [0.05, 0.1) is 22.6 Å². The van der Waals surface area contributed by atoms with Crippen molar-refractivity contribution < 1.29 is 8.83 Å². The van der Waals surface area contributed by atoms with E-state index in [0.29, 0.717) is 5.82 Å². The van der Waals surface area contributed by atoms with Crippen LogP contribution in [0.1, 0.15) is 0 Å². The Hall–Kier alpha value is -7.11. The maximum absolute atomic E-state index is 6.55. The summed E-state index contributed by atoms with van der Waals surface area (Å²) < 4.78 is 12.8. The van der Waals surface area contributed by atoms with Gasteiger partial charge >= 0.3 is 0 Å². The first-order valence-corrected chi connectivity index (χ1v) is 17.4. The molecule has 11 aromatic rings. The van der Waals surface area contributed by atoms with Gasteiger partial charge < -0.3 is 8.83 Å². The van der Waals surface area contributed by atoms with Gasteiger partial charge in [0.1, 0.15) is 22.3 Å². The number of nitrogens with zero attached hydrogens (tertiary/aromatic N) is 3. The van der Waals surface area contributed by atoms with Gasteiger partial charge in [-0.1, -0.05) is 109 Å². The lowest BCUT2D eigenvalue weighted by Gasteiger charge is -2.12. The minimum atomic E-state index is 0.657. The average molecular weight is 666 g/mol. The molecule has 0 N–H and O–H groups in total. The summed E-state index contributed by atoms with van der Waals surface area (Å²) in [5, 5.41) is 7.50. The zero-order valence-corrected chi connectivity index (χ0v) is 27.7. The van der Waals surface area contributed by atoms with E-state index in [1.165, 1.54) is 0 Å². The lowest BCUT2D eigenvalue weighted by atomic mass is 9.95. The minimum Gasteiger partial charge on any atom is -0.456 e. The molecule has 0 atom stereocenters. The predicted octanol–water partition coefficient (Wildman–Crippen LogP) is 12.6. The summed E-state index contributed by atoms with van der Waals surface area (Å²) >= 11 is 0. The zero-order valence-electron chi connectivity index (χ0n) is 27.7. The Morgan fingerprint density at radius 3 is 1.85 bits per heavy atom. The van der Waals surface area contributed by atoms with Crippen LogP contribution in [0.2, 0.25) is 0 Å². The van der Waals surface area contributed by atoms with Crippen LogP contribution in [0.25, 0.3) is 111 Å². The molecule has 0 spiro atoms. The highest BCUT2D eigenvalue weighted by Crippen LogP contribution is 2.43. The van der Waals surface area contributed by atoms with Gasteiger partial charge in [-0.25, -0.2) is 15.0 Å². The number of hydrogen-bond donors (Lipinski definition) is 0. The van der Waals surface area contributed by atoms with E-state index in [2.05, 4.69) is 103 Å². The molecule has 0 amide bonds. The van der Waals surface area contributed by atoms with E-state index in [1.54, 1.807) is 0 Å². The molecule has 0 aliphatic heterocycles. The average Bonchev–Trinajstić information content (AvgIpc) is 3.79. The molecule has 0 aliphatic rings. The smallest absolute Gasteiger partial charge is 0.160 e. The van der Waals surface area contributed by atoms with E-state index in [4.69, 9.17) is 23.8 Å². The first-order chi connectivity index (χ1) is 25.8. The van der Waals surface area contributed by atoms with Crippen LogP contribution in [-0.2, 0) is 0 Å². The number of aromatic nitrogens is 3. The van der Waals surface area contributed by atoms with Crippen molar-refractivity contribution in [3.8, 4) is 45.2 Å². The quantitative estimate of drug-likeness (QED) is 0.175. The summed E-state index contributed by atoms with van der Waals surface area (Å²) in [7, 11) is 0. The van der Waals surface area contributed by atoms with Gasteiger partial charge in [0.2, 0.25) is 0 Å². The van der Waals surface area contributed by atoms with Crippen LogP contribution in [-0.4, -0.2) is 15.0 Å². The predicted molar refractivity (Wildman–Crippen MR) is 211 cm³/mol. The second-order valence-corrected chi connectivity index (χ2v) is 13.1. The van der Waals surface area contributed by atoms with Crippen molar-refractivity contribution in [1.29, 1.82) is 0 Å². The Morgan fingerprint density at radius 1 is 0.346 bits per heavy atom. The number of pyridine rings is 1. The second-order valence-electron chi connectivity index (χ2n) is 13.1. The van der Waals surface area contributed by atoms with Crippen molar-refractivity contribution in [2.45, 2.75) is 0 Å². The molecule has 0 aliphatic carbocycles. The van der Waals surface area contributed by atoms with E-state index >= 15 is 0 Å². The van der Waals surface area contributed by atoms with Gasteiger partial charge in [0.25, 0.3) is 0 Å². The molecule has 0 radical (unpaired) electrons. The molecule has 4 aromatic heterocycles. The monoisotopic (exact) mass is 665 g/mol. The van der Waals surface area contributed by atoms with Crippen LogP contribution in [0.15, 0.2) is 173 Å². The van der Waals surface area contributed by atoms with Crippen LogP contribution in [0.5, 0.6) is 0 Å². The molecule has 0 saturated heterocycles. The number of hydrogen-bond acceptors (Lipinski definition) is 5. The third-order valence-electron chi connectivity index (χ3n) is 10.1. The number of benzene rings is 7. The summed E-state index contributed by atoms with van der Waals surface area (Å²) in [6.07, 6.45) is 0. The third-order valence-corrected chi connectivity index (χ3v) is 10.1. The fourth-order valence-electron chi connectivity index (χ4n) is 7.72. The summed E-state index contributed by atoms with van der Waals surface area (Å²) in [4.78, 5) is 15.5. The minimum absolute atomic E-state index is 0.657.